The molecule has 0 fully saturated rings. The fourth-order valence-electron chi connectivity index (χ4n) is 2.82. The van der Waals surface area contributed by atoms with Crippen LogP contribution in [0.2, 0.25) is 21.2 Å². The fraction of sp³-hybridized carbons (Fsp3) is 0.250. The molecule has 1 aliphatic carbocycles. The monoisotopic (exact) mass is 372 g/mol. The first kappa shape index (κ1) is 14.4. The minimum absolute atomic E-state index is 0.427. The van der Waals surface area contributed by atoms with Crippen molar-refractivity contribution in [2.45, 2.75) is 23.7 Å². The molecule has 1 atom stereocenters. The van der Waals surface area contributed by atoms with Crippen LogP contribution < -0.4 is 0 Å². The topological polar surface area (TPSA) is 20.2 Å². The van der Waals surface area contributed by atoms with Crippen molar-refractivity contribution in [2.75, 3.05) is 0 Å². The summed E-state index contributed by atoms with van der Waals surface area (Å²) in [5.74, 6) is 2.13. The molecule has 0 saturated carbocycles. The first-order valence-corrected chi connectivity index (χ1v) is 10.1. The van der Waals surface area contributed by atoms with Crippen LogP contribution >= 0.6 is 23.2 Å². The molecular weight excluding hydrogens is 358 g/mol. The van der Waals surface area contributed by atoms with Gasteiger partial charge in [0.2, 0.25) is 0 Å². The van der Waals surface area contributed by atoms with Gasteiger partial charge in [-0.25, -0.2) is 0 Å². The van der Waals surface area contributed by atoms with Crippen molar-refractivity contribution in [1.29, 1.82) is 0 Å². The first-order chi connectivity index (χ1) is 9.60. The van der Waals surface area contributed by atoms with Crippen molar-refractivity contribution in [2.24, 2.45) is 0 Å². The van der Waals surface area contributed by atoms with E-state index in [1.165, 1.54) is 16.7 Å². The number of rotatable bonds is 3. The Balaban J connectivity index is 2.18. The fourth-order valence-corrected chi connectivity index (χ4v) is 4.31. The molecule has 0 bridgehead atoms. The third kappa shape index (κ3) is 2.52. The zero-order valence-corrected chi connectivity index (χ0v) is 14.2. The van der Waals surface area contributed by atoms with Crippen LogP contribution in [-0.4, -0.2) is 20.1 Å². The van der Waals surface area contributed by atoms with E-state index in [1.807, 2.05) is 30.3 Å². The van der Waals surface area contributed by atoms with Gasteiger partial charge in [-0.15, -0.1) is 0 Å². The number of benzene rings is 2. The molecule has 1 aliphatic rings. The number of hydrogen-bond acceptors (Lipinski definition) is 1. The predicted octanol–water partition coefficient (Wildman–Crippen LogP) is 4.77. The molecule has 1 nitrogen and oxygen atoms in total. The van der Waals surface area contributed by atoms with E-state index in [0.717, 1.165) is 27.9 Å². The average Bonchev–Trinajstić information content (AvgIpc) is 2.74. The van der Waals surface area contributed by atoms with Gasteiger partial charge in [-0.2, -0.15) is 0 Å². The van der Waals surface area contributed by atoms with Crippen LogP contribution in [0.1, 0.15) is 22.8 Å². The Kier molecular flexibility index (Phi) is 4.12. The average molecular weight is 372 g/mol. The molecule has 0 aromatic heterocycles. The Morgan fingerprint density at radius 1 is 1.15 bits per heavy atom. The van der Waals surface area contributed by atoms with E-state index in [1.54, 1.807) is 0 Å². The summed E-state index contributed by atoms with van der Waals surface area (Å²) in [6.07, 6.45) is 0.400. The van der Waals surface area contributed by atoms with E-state index in [4.69, 9.17) is 23.2 Å². The quantitative estimate of drug-likeness (QED) is 0.657. The maximum absolute atomic E-state index is 10.4. The van der Waals surface area contributed by atoms with Crippen LogP contribution in [0.4, 0.5) is 0 Å². The van der Waals surface area contributed by atoms with Gasteiger partial charge in [0, 0.05) is 0 Å². The van der Waals surface area contributed by atoms with Crippen molar-refractivity contribution in [1.82, 2.24) is 0 Å². The molecule has 4 heteroatoms. The van der Waals surface area contributed by atoms with Crippen molar-refractivity contribution < 1.29 is 5.11 Å². The maximum atomic E-state index is 10.4. The Labute approximate surface area is 135 Å². The van der Waals surface area contributed by atoms with Crippen molar-refractivity contribution >= 4 is 38.2 Å². The molecule has 0 aliphatic heterocycles. The van der Waals surface area contributed by atoms with Gasteiger partial charge >= 0.3 is 135 Å². The van der Waals surface area contributed by atoms with Gasteiger partial charge in [0.05, 0.1) is 0 Å². The van der Waals surface area contributed by atoms with Crippen LogP contribution in [0.15, 0.2) is 30.3 Å². The molecule has 0 amide bonds. The molecule has 104 valence electrons. The SMILES string of the molecule is C[Se]CC(O)c1cc(Cl)cc2c1-c1ccc(Cl)cc1C2. The molecular formula is C16H14Cl2OSe. The summed E-state index contributed by atoms with van der Waals surface area (Å²) in [6.45, 7) is 0. The van der Waals surface area contributed by atoms with Crippen LogP contribution in [0.25, 0.3) is 11.1 Å². The van der Waals surface area contributed by atoms with E-state index in [9.17, 15) is 5.11 Å². The Morgan fingerprint density at radius 3 is 2.65 bits per heavy atom. The van der Waals surface area contributed by atoms with Gasteiger partial charge in [0.25, 0.3) is 0 Å². The summed E-state index contributed by atoms with van der Waals surface area (Å²) in [7, 11) is 0. The normalized spacial score (nSPS) is 14.0. The molecule has 3 rings (SSSR count). The number of aliphatic hydroxyl groups excluding tert-OH is 1. The Morgan fingerprint density at radius 2 is 1.90 bits per heavy atom. The second-order valence-electron chi connectivity index (χ2n) is 4.98. The molecule has 2 aromatic carbocycles. The number of hydrogen-bond donors (Lipinski definition) is 1. The molecule has 0 radical (unpaired) electrons. The first-order valence-electron chi connectivity index (χ1n) is 6.38. The molecule has 0 saturated heterocycles. The van der Waals surface area contributed by atoms with E-state index in [-0.39, 0.29) is 0 Å². The van der Waals surface area contributed by atoms with Gasteiger partial charge in [0.15, 0.2) is 0 Å². The molecule has 1 unspecified atom stereocenters. The molecule has 2 aromatic rings. The van der Waals surface area contributed by atoms with Gasteiger partial charge < -0.3 is 0 Å². The van der Waals surface area contributed by atoms with Crippen LogP contribution in [0.5, 0.6) is 0 Å². The minimum atomic E-state index is -0.436. The van der Waals surface area contributed by atoms with Gasteiger partial charge in [-0.3, -0.25) is 0 Å². The third-order valence-electron chi connectivity index (χ3n) is 3.62. The number of fused-ring (bicyclic) bond motifs is 3. The zero-order valence-electron chi connectivity index (χ0n) is 11.0. The summed E-state index contributed by atoms with van der Waals surface area (Å²) < 4.78 is 0. The van der Waals surface area contributed by atoms with E-state index >= 15 is 0 Å². The Hall–Kier alpha value is -0.501. The number of halogens is 2. The van der Waals surface area contributed by atoms with E-state index < -0.39 is 6.10 Å². The summed E-state index contributed by atoms with van der Waals surface area (Å²) in [4.78, 5) is 0. The second kappa shape index (κ2) is 5.71. The Bertz CT molecular complexity index is 670. The van der Waals surface area contributed by atoms with Gasteiger partial charge in [-0.05, 0) is 0 Å². The molecule has 1 N–H and O–H groups in total. The molecule has 0 heterocycles. The second-order valence-corrected chi connectivity index (χ2v) is 7.76. The zero-order chi connectivity index (χ0) is 14.3. The number of aliphatic hydroxyl groups is 1. The van der Waals surface area contributed by atoms with Crippen molar-refractivity contribution in [3.05, 3.63) is 57.1 Å². The van der Waals surface area contributed by atoms with Crippen molar-refractivity contribution in [3.63, 3.8) is 0 Å². The summed E-state index contributed by atoms with van der Waals surface area (Å²) in [5, 5.41) is 12.7. The van der Waals surface area contributed by atoms with Crippen molar-refractivity contribution in [3.8, 4) is 11.1 Å². The van der Waals surface area contributed by atoms with Crippen LogP contribution in [0.3, 0.4) is 0 Å². The van der Waals surface area contributed by atoms with Gasteiger partial charge in [0.1, 0.15) is 0 Å². The van der Waals surface area contributed by atoms with Crippen LogP contribution in [0, 0.1) is 0 Å². The molecule has 20 heavy (non-hydrogen) atoms. The van der Waals surface area contributed by atoms with Crippen LogP contribution in [-0.2, 0) is 6.42 Å². The standard InChI is InChI=1S/C16H14Cl2OSe/c1-20-8-15(19)14-7-12(18)6-10-4-9-5-11(17)2-3-13(9)16(10)14/h2-3,5-7,15,19H,4,8H2,1H3. The van der Waals surface area contributed by atoms with E-state index in [0.29, 0.717) is 20.0 Å². The van der Waals surface area contributed by atoms with Gasteiger partial charge in [-0.1, -0.05) is 0 Å². The summed E-state index contributed by atoms with van der Waals surface area (Å²) in [5.41, 5.74) is 5.69. The predicted molar refractivity (Wildman–Crippen MR) is 86.1 cm³/mol. The summed E-state index contributed by atoms with van der Waals surface area (Å²) in [6, 6.07) is 9.86. The molecule has 0 spiro atoms. The third-order valence-corrected chi connectivity index (χ3v) is 5.43. The summed E-state index contributed by atoms with van der Waals surface area (Å²) >= 11 is 12.7. The van der Waals surface area contributed by atoms with E-state index in [2.05, 4.69) is 5.82 Å².